The van der Waals surface area contributed by atoms with Gasteiger partial charge in [-0.3, -0.25) is 14.9 Å². The van der Waals surface area contributed by atoms with Crippen LogP contribution in [0.3, 0.4) is 0 Å². The molecule has 4 aromatic rings. The van der Waals surface area contributed by atoms with E-state index in [-0.39, 0.29) is 43.2 Å². The van der Waals surface area contributed by atoms with E-state index in [4.69, 9.17) is 23.2 Å². The monoisotopic (exact) mass is 656 g/mol. The molecule has 0 aromatic heterocycles. The van der Waals surface area contributed by atoms with Crippen molar-refractivity contribution in [2.75, 3.05) is 10.6 Å². The van der Waals surface area contributed by atoms with Crippen LogP contribution in [0.4, 0.5) is 21.9 Å². The number of aliphatic carboxylic acids is 1. The molecule has 0 saturated heterocycles. The third-order valence-electron chi connectivity index (χ3n) is 6.23. The normalized spacial score (nSPS) is 11.7. The second-order valence-corrected chi connectivity index (χ2v) is 12.0. The predicted octanol–water partition coefficient (Wildman–Crippen LogP) is 5.80. The fourth-order valence-electron chi connectivity index (χ4n) is 3.99. The Balaban J connectivity index is 1.36. The van der Waals surface area contributed by atoms with E-state index in [1.807, 2.05) is 0 Å². The molecule has 44 heavy (non-hydrogen) atoms. The van der Waals surface area contributed by atoms with Crippen molar-refractivity contribution in [1.29, 1.82) is 0 Å². The molecule has 0 bridgehead atoms. The molecule has 4 N–H and O–H groups in total. The molecule has 1 atom stereocenters. The van der Waals surface area contributed by atoms with Gasteiger partial charge in [-0.25, -0.2) is 18.0 Å². The lowest BCUT2D eigenvalue weighted by atomic mass is 10.1. The van der Waals surface area contributed by atoms with Crippen molar-refractivity contribution in [2.24, 2.45) is 0 Å². The van der Waals surface area contributed by atoms with Crippen molar-refractivity contribution in [3.05, 3.63) is 122 Å². The summed E-state index contributed by atoms with van der Waals surface area (Å²) in [5.41, 5.74) is 1.00. The number of halogens is 2. The zero-order valence-corrected chi connectivity index (χ0v) is 24.7. The van der Waals surface area contributed by atoms with Crippen LogP contribution in [0.15, 0.2) is 101 Å². The van der Waals surface area contributed by atoms with E-state index in [9.17, 15) is 38.0 Å². The third kappa shape index (κ3) is 7.69. The molecule has 0 aliphatic carbocycles. The van der Waals surface area contributed by atoms with Gasteiger partial charge in [0.25, 0.3) is 11.6 Å². The Morgan fingerprint density at radius 1 is 0.795 bits per heavy atom. The summed E-state index contributed by atoms with van der Waals surface area (Å²) in [5.74, 6) is -1.82. The number of hydrogen-bond donors (Lipinski definition) is 4. The van der Waals surface area contributed by atoms with Gasteiger partial charge < -0.3 is 21.1 Å². The fraction of sp³-hybridized carbons (Fsp3) is 0.0690. The van der Waals surface area contributed by atoms with Crippen LogP contribution in [0.1, 0.15) is 15.9 Å². The van der Waals surface area contributed by atoms with Crippen molar-refractivity contribution in [3.8, 4) is 0 Å². The van der Waals surface area contributed by atoms with Crippen LogP contribution in [0.25, 0.3) is 0 Å². The molecule has 0 radical (unpaired) electrons. The van der Waals surface area contributed by atoms with E-state index in [1.165, 1.54) is 36.4 Å². The van der Waals surface area contributed by atoms with Crippen LogP contribution in [0, 0.1) is 10.1 Å². The first-order chi connectivity index (χ1) is 20.8. The molecule has 0 heterocycles. The molecule has 0 fully saturated rings. The molecular weight excluding hydrogens is 635 g/mol. The van der Waals surface area contributed by atoms with Gasteiger partial charge in [0.2, 0.25) is 9.84 Å². The highest BCUT2D eigenvalue weighted by molar-refractivity contribution is 7.91. The van der Waals surface area contributed by atoms with Gasteiger partial charge in [0, 0.05) is 29.9 Å². The number of rotatable bonds is 10. The lowest BCUT2D eigenvalue weighted by molar-refractivity contribution is -0.384. The van der Waals surface area contributed by atoms with Crippen LogP contribution in [0.2, 0.25) is 10.0 Å². The number of nitrogens with one attached hydrogen (secondary N) is 3. The van der Waals surface area contributed by atoms with Crippen LogP contribution in [-0.4, -0.2) is 42.4 Å². The summed E-state index contributed by atoms with van der Waals surface area (Å²) in [6.45, 7) is 0. The molecule has 0 spiro atoms. The van der Waals surface area contributed by atoms with E-state index >= 15 is 0 Å². The lowest BCUT2D eigenvalue weighted by Gasteiger charge is -2.16. The molecule has 0 aliphatic rings. The quantitative estimate of drug-likeness (QED) is 0.122. The second kappa shape index (κ2) is 13.5. The summed E-state index contributed by atoms with van der Waals surface area (Å²) in [5, 5.41) is 28.3. The molecule has 0 aliphatic heterocycles. The Kier molecular flexibility index (Phi) is 9.83. The van der Waals surface area contributed by atoms with Gasteiger partial charge in [0.15, 0.2) is 0 Å². The lowest BCUT2D eigenvalue weighted by Crippen LogP contribution is -2.44. The Hall–Kier alpha value is -4.98. The highest BCUT2D eigenvalue weighted by atomic mass is 35.5. The predicted molar refractivity (Wildman–Crippen MR) is 163 cm³/mol. The molecule has 0 saturated carbocycles. The number of nitro benzene ring substituents is 1. The van der Waals surface area contributed by atoms with Gasteiger partial charge in [-0.15, -0.1) is 0 Å². The van der Waals surface area contributed by atoms with E-state index in [1.54, 1.807) is 30.3 Å². The van der Waals surface area contributed by atoms with Crippen molar-refractivity contribution < 1.29 is 32.8 Å². The maximum absolute atomic E-state index is 12.8. The third-order valence-corrected chi connectivity index (χ3v) is 8.64. The molecular formula is C29H22Cl2N4O8S. The number of anilines is 2. The van der Waals surface area contributed by atoms with Crippen LogP contribution in [0.5, 0.6) is 0 Å². The Labute approximate surface area is 260 Å². The van der Waals surface area contributed by atoms with Crippen molar-refractivity contribution >= 4 is 68.0 Å². The van der Waals surface area contributed by atoms with Gasteiger partial charge in [0.05, 0.1) is 30.3 Å². The molecule has 12 nitrogen and oxygen atoms in total. The number of amides is 3. The maximum Gasteiger partial charge on any atom is 0.326 e. The van der Waals surface area contributed by atoms with Crippen molar-refractivity contribution in [2.45, 2.75) is 22.3 Å². The van der Waals surface area contributed by atoms with E-state index < -0.39 is 38.7 Å². The average molecular weight is 657 g/mol. The average Bonchev–Trinajstić information content (AvgIpc) is 2.98. The van der Waals surface area contributed by atoms with E-state index in [2.05, 4.69) is 16.0 Å². The first-order valence-corrected chi connectivity index (χ1v) is 14.8. The van der Waals surface area contributed by atoms with Gasteiger partial charge in [0.1, 0.15) is 6.04 Å². The van der Waals surface area contributed by atoms with Gasteiger partial charge in [-0.05, 0) is 66.2 Å². The zero-order valence-electron chi connectivity index (χ0n) is 22.4. The van der Waals surface area contributed by atoms with Crippen molar-refractivity contribution in [3.63, 3.8) is 0 Å². The summed E-state index contributed by atoms with van der Waals surface area (Å²) < 4.78 is 25.7. The number of carboxylic acid groups (broad SMARTS) is 1. The summed E-state index contributed by atoms with van der Waals surface area (Å²) in [7, 11) is -3.98. The topological polar surface area (TPSA) is 185 Å². The smallest absolute Gasteiger partial charge is 0.326 e. The molecule has 4 aromatic carbocycles. The molecule has 4 rings (SSSR count). The summed E-state index contributed by atoms with van der Waals surface area (Å²) >= 11 is 12.1. The van der Waals surface area contributed by atoms with Gasteiger partial charge >= 0.3 is 12.0 Å². The Morgan fingerprint density at radius 3 is 1.82 bits per heavy atom. The summed E-state index contributed by atoms with van der Waals surface area (Å²) in [6, 6.07) is 18.3. The van der Waals surface area contributed by atoms with E-state index in [0.717, 1.165) is 24.3 Å². The number of carbonyl (C=O) groups excluding carboxylic acids is 2. The molecule has 15 heteroatoms. The zero-order chi connectivity index (χ0) is 32.0. The Morgan fingerprint density at radius 2 is 1.30 bits per heavy atom. The first kappa shape index (κ1) is 31.9. The summed E-state index contributed by atoms with van der Waals surface area (Å²) in [6.07, 6.45) is -0.0836. The van der Waals surface area contributed by atoms with Gasteiger partial charge in [-0.2, -0.15) is 0 Å². The minimum atomic E-state index is -3.98. The molecule has 226 valence electrons. The minimum Gasteiger partial charge on any atom is -0.480 e. The SMILES string of the molecule is O=C(Nc1ccc(S(=O)(=O)c2ccc([N+](=O)[O-])cc2)cc1)NC(Cc1ccc(NC(=O)c2c(Cl)cccc2Cl)cc1)C(=O)O. The number of nitro groups is 1. The standard InChI is InChI=1S/C29H22Cl2N4O8S/c30-23-2-1-3-24(31)26(23)27(36)32-18-6-4-17(5-7-18)16-25(28(37)38)34-29(39)33-19-8-12-21(13-9-19)44(42,43)22-14-10-20(11-15-22)35(40)41/h1-15,25H,16H2,(H,32,36)(H,37,38)(H2,33,34,39). The van der Waals surface area contributed by atoms with Crippen LogP contribution in [-0.2, 0) is 21.1 Å². The maximum atomic E-state index is 12.8. The van der Waals surface area contributed by atoms with Gasteiger partial charge in [-0.1, -0.05) is 41.4 Å². The fourth-order valence-corrected chi connectivity index (χ4v) is 5.82. The number of benzene rings is 4. The minimum absolute atomic E-state index is 0.0836. The Bertz CT molecular complexity index is 1810. The van der Waals surface area contributed by atoms with Crippen LogP contribution < -0.4 is 16.0 Å². The number of carboxylic acids is 1. The first-order valence-electron chi connectivity index (χ1n) is 12.6. The number of urea groups is 1. The number of non-ortho nitro benzene ring substituents is 1. The second-order valence-electron chi connectivity index (χ2n) is 9.22. The molecule has 1 unspecified atom stereocenters. The molecule has 3 amide bonds. The summed E-state index contributed by atoms with van der Waals surface area (Å²) in [4.78, 5) is 46.9. The number of carbonyl (C=O) groups is 3. The highest BCUT2D eigenvalue weighted by Gasteiger charge is 2.22. The largest absolute Gasteiger partial charge is 0.480 e. The van der Waals surface area contributed by atoms with E-state index in [0.29, 0.717) is 11.3 Å². The highest BCUT2D eigenvalue weighted by Crippen LogP contribution is 2.26. The number of nitrogens with zero attached hydrogens (tertiary/aromatic N) is 1. The number of sulfone groups is 1. The van der Waals surface area contributed by atoms with Crippen molar-refractivity contribution in [1.82, 2.24) is 5.32 Å². The number of hydrogen-bond acceptors (Lipinski definition) is 7. The van der Waals surface area contributed by atoms with Crippen LogP contribution >= 0.6 is 23.2 Å².